The summed E-state index contributed by atoms with van der Waals surface area (Å²) in [5.41, 5.74) is 1.85. The first-order chi connectivity index (χ1) is 21.7. The van der Waals surface area contributed by atoms with Crippen molar-refractivity contribution in [1.29, 1.82) is 0 Å². The molecule has 1 amide bonds. The number of ether oxygens (including phenoxy) is 2. The maximum atomic E-state index is 15.1. The molecule has 0 spiro atoms. The Bertz CT molecular complexity index is 1730. The number of aromatic nitrogens is 1. The van der Waals surface area contributed by atoms with Crippen LogP contribution < -0.4 is 20.5 Å². The first-order valence-corrected chi connectivity index (χ1v) is 14.6. The number of halogens is 5. The van der Waals surface area contributed by atoms with Crippen molar-refractivity contribution < 1.29 is 46.1 Å². The highest BCUT2D eigenvalue weighted by Gasteiger charge is 2.46. The van der Waals surface area contributed by atoms with Gasteiger partial charge in [0.2, 0.25) is 0 Å². The molecule has 1 saturated heterocycles. The van der Waals surface area contributed by atoms with E-state index < -0.39 is 59.6 Å². The lowest BCUT2D eigenvalue weighted by molar-refractivity contribution is -0.167. The number of benzene rings is 2. The van der Waals surface area contributed by atoms with Crippen LogP contribution in [0.2, 0.25) is 0 Å². The number of nitrogens with one attached hydrogen (secondary N) is 1. The summed E-state index contributed by atoms with van der Waals surface area (Å²) in [5, 5.41) is 12.1. The maximum Gasteiger partial charge on any atom is 0.411 e. The molecule has 2 N–H and O–H groups in total. The summed E-state index contributed by atoms with van der Waals surface area (Å²) in [6, 6.07) is 2.61. The van der Waals surface area contributed by atoms with Gasteiger partial charge in [-0.3, -0.25) is 9.59 Å². The fourth-order valence-corrected chi connectivity index (χ4v) is 6.00. The second-order valence-corrected chi connectivity index (χ2v) is 11.4. The third-order valence-corrected chi connectivity index (χ3v) is 8.43. The minimum Gasteiger partial charge on any atom is -0.493 e. The van der Waals surface area contributed by atoms with Gasteiger partial charge in [-0.15, -0.1) is 0 Å². The number of carboxylic acid groups (broad SMARTS) is 1. The number of aryl methyl sites for hydroxylation is 2. The lowest BCUT2D eigenvalue weighted by atomic mass is 9.89. The van der Waals surface area contributed by atoms with Gasteiger partial charge in [0.25, 0.3) is 11.5 Å². The van der Waals surface area contributed by atoms with Gasteiger partial charge in [-0.25, -0.2) is 13.6 Å². The van der Waals surface area contributed by atoms with E-state index in [1.807, 2.05) is 19.9 Å². The zero-order valence-corrected chi connectivity index (χ0v) is 25.3. The van der Waals surface area contributed by atoms with E-state index in [2.05, 4.69) is 5.32 Å². The Morgan fingerprint density at radius 1 is 1.11 bits per heavy atom. The number of fused-ring (bicyclic) bond motifs is 1. The minimum absolute atomic E-state index is 0.102. The van der Waals surface area contributed by atoms with Gasteiger partial charge in [0.15, 0.2) is 0 Å². The Balaban J connectivity index is 1.43. The molecule has 0 bridgehead atoms. The number of pyridine rings is 1. The van der Waals surface area contributed by atoms with Crippen molar-refractivity contribution in [3.8, 4) is 16.9 Å². The highest BCUT2D eigenvalue weighted by molar-refractivity contribution is 5.97. The summed E-state index contributed by atoms with van der Waals surface area (Å²) in [6.45, 7) is 2.87. The normalized spacial score (nSPS) is 17.2. The van der Waals surface area contributed by atoms with Gasteiger partial charge in [0.05, 0.1) is 25.4 Å². The Morgan fingerprint density at radius 2 is 1.80 bits per heavy atom. The lowest BCUT2D eigenvalue weighted by Gasteiger charge is -2.38. The number of hydrogen-bond acceptors (Lipinski definition) is 6. The van der Waals surface area contributed by atoms with E-state index in [1.54, 1.807) is 19.2 Å². The second-order valence-electron chi connectivity index (χ2n) is 11.4. The van der Waals surface area contributed by atoms with Crippen molar-refractivity contribution in [1.82, 2.24) is 9.88 Å². The predicted octanol–water partition coefficient (Wildman–Crippen LogP) is 4.47. The predicted molar refractivity (Wildman–Crippen MR) is 157 cm³/mol. The molecule has 0 saturated carbocycles. The molecule has 46 heavy (non-hydrogen) atoms. The van der Waals surface area contributed by atoms with E-state index in [0.29, 0.717) is 59.6 Å². The van der Waals surface area contributed by atoms with Gasteiger partial charge in [0, 0.05) is 37.0 Å². The summed E-state index contributed by atoms with van der Waals surface area (Å²) < 4.78 is 83.2. The van der Waals surface area contributed by atoms with Crippen LogP contribution in [0.1, 0.15) is 39.2 Å². The molecule has 0 aliphatic carbocycles. The highest BCUT2D eigenvalue weighted by Crippen LogP contribution is 2.39. The largest absolute Gasteiger partial charge is 0.493 e. The van der Waals surface area contributed by atoms with Crippen molar-refractivity contribution in [2.24, 2.45) is 7.05 Å². The summed E-state index contributed by atoms with van der Waals surface area (Å²) in [5.74, 6) is -5.34. The zero-order chi connectivity index (χ0) is 33.5. The number of anilines is 1. The Hall–Kier alpha value is -4.46. The van der Waals surface area contributed by atoms with E-state index in [0.717, 1.165) is 16.2 Å². The molecular weight excluding hydrogens is 617 g/mol. The van der Waals surface area contributed by atoms with E-state index in [-0.39, 0.29) is 25.1 Å². The molecule has 1 fully saturated rings. The van der Waals surface area contributed by atoms with Crippen LogP contribution in [-0.2, 0) is 29.4 Å². The Kier molecular flexibility index (Phi) is 9.12. The van der Waals surface area contributed by atoms with Gasteiger partial charge < -0.3 is 29.4 Å². The molecule has 3 heterocycles. The standard InChI is InChI=1S/C32H32F5N3O6/c1-16-11-17(2)39(3)30(42)26(16)21-7-6-18(20-5-4-9-46-28(20)21)12-24(31(43)44)38-29(41)27-22(33)13-19(14-23(27)34)40-8-10-45-15-25(40)32(35,36)37/h6-7,11,13-14,24-25H,4-5,8-10,12,15H2,1-3H3,(H,38,41)(H,43,44)/t24-,25+/m0/s1. The molecule has 2 aliphatic rings. The van der Waals surface area contributed by atoms with Crippen LogP contribution >= 0.6 is 0 Å². The molecule has 2 aliphatic heterocycles. The van der Waals surface area contributed by atoms with Crippen LogP contribution in [0.3, 0.4) is 0 Å². The van der Waals surface area contributed by atoms with E-state index in [1.165, 1.54) is 4.57 Å². The smallest absolute Gasteiger partial charge is 0.411 e. The number of carbonyl (C=O) groups is 2. The number of rotatable bonds is 7. The maximum absolute atomic E-state index is 15.1. The monoisotopic (exact) mass is 649 g/mol. The highest BCUT2D eigenvalue weighted by atomic mass is 19.4. The second kappa shape index (κ2) is 12.7. The van der Waals surface area contributed by atoms with Gasteiger partial charge in [-0.1, -0.05) is 12.1 Å². The molecule has 2 aromatic carbocycles. The summed E-state index contributed by atoms with van der Waals surface area (Å²) in [7, 11) is 1.66. The number of carbonyl (C=O) groups excluding carboxylic acids is 1. The number of amides is 1. The SMILES string of the molecule is Cc1cc(C)n(C)c(=O)c1-c1ccc(C[C@H](NC(=O)c2c(F)cc(N3CCOC[C@@H]3C(F)(F)F)cc2F)C(=O)O)c2c1OCCC2. The first kappa shape index (κ1) is 32.9. The number of aliphatic carboxylic acids is 1. The van der Waals surface area contributed by atoms with Crippen LogP contribution in [-0.4, -0.2) is 66.2 Å². The third kappa shape index (κ3) is 6.30. The fraction of sp³-hybridized carbons (Fsp3) is 0.406. The third-order valence-electron chi connectivity index (χ3n) is 8.43. The average molecular weight is 650 g/mol. The van der Waals surface area contributed by atoms with Crippen molar-refractivity contribution in [2.75, 3.05) is 31.3 Å². The lowest BCUT2D eigenvalue weighted by Crippen LogP contribution is -2.53. The minimum atomic E-state index is -4.74. The summed E-state index contributed by atoms with van der Waals surface area (Å²) in [6.07, 6.45) is -3.91. The van der Waals surface area contributed by atoms with Crippen LogP contribution in [0.15, 0.2) is 35.1 Å². The van der Waals surface area contributed by atoms with Crippen LogP contribution in [0.5, 0.6) is 5.75 Å². The molecule has 9 nitrogen and oxygen atoms in total. The first-order valence-electron chi connectivity index (χ1n) is 14.6. The zero-order valence-electron chi connectivity index (χ0n) is 25.3. The summed E-state index contributed by atoms with van der Waals surface area (Å²) in [4.78, 5) is 39.2. The summed E-state index contributed by atoms with van der Waals surface area (Å²) >= 11 is 0. The van der Waals surface area contributed by atoms with Gasteiger partial charge >= 0.3 is 12.1 Å². The molecule has 2 atom stereocenters. The number of alkyl halides is 3. The molecule has 0 radical (unpaired) electrons. The Labute approximate surface area is 260 Å². The molecule has 246 valence electrons. The topological polar surface area (TPSA) is 110 Å². The molecule has 1 aromatic heterocycles. The average Bonchev–Trinajstić information content (AvgIpc) is 2.99. The number of morpholine rings is 1. The van der Waals surface area contributed by atoms with Crippen molar-refractivity contribution in [3.63, 3.8) is 0 Å². The van der Waals surface area contributed by atoms with Crippen LogP contribution in [0.4, 0.5) is 27.6 Å². The van der Waals surface area contributed by atoms with E-state index in [4.69, 9.17) is 9.47 Å². The van der Waals surface area contributed by atoms with Gasteiger partial charge in [-0.05, 0) is 61.6 Å². The molecule has 3 aromatic rings. The molecule has 0 unspecified atom stereocenters. The van der Waals surface area contributed by atoms with Crippen molar-refractivity contribution >= 4 is 17.6 Å². The number of nitrogens with zero attached hydrogens (tertiary/aromatic N) is 2. The van der Waals surface area contributed by atoms with Gasteiger partial charge in [-0.2, -0.15) is 13.2 Å². The quantitative estimate of drug-likeness (QED) is 0.364. The molecular formula is C32H32F5N3O6. The van der Waals surface area contributed by atoms with E-state index in [9.17, 15) is 32.7 Å². The fourth-order valence-electron chi connectivity index (χ4n) is 6.00. The molecule has 14 heteroatoms. The van der Waals surface area contributed by atoms with E-state index >= 15 is 8.78 Å². The number of hydrogen-bond donors (Lipinski definition) is 2. The Morgan fingerprint density at radius 3 is 2.46 bits per heavy atom. The van der Waals surface area contributed by atoms with Crippen molar-refractivity contribution in [2.45, 2.75) is 51.4 Å². The molecule has 5 rings (SSSR count). The van der Waals surface area contributed by atoms with Crippen LogP contribution in [0.25, 0.3) is 11.1 Å². The van der Waals surface area contributed by atoms with Crippen LogP contribution in [0, 0.1) is 25.5 Å². The van der Waals surface area contributed by atoms with Crippen molar-refractivity contribution in [3.05, 3.63) is 80.3 Å². The number of carboxylic acids is 1. The van der Waals surface area contributed by atoms with Gasteiger partial charge in [0.1, 0.15) is 35.0 Å².